The van der Waals surface area contributed by atoms with Gasteiger partial charge >= 0.3 is 5.97 Å². The van der Waals surface area contributed by atoms with Gasteiger partial charge in [-0.3, -0.25) is 9.59 Å². The molecule has 4 nitrogen and oxygen atoms in total. The van der Waals surface area contributed by atoms with Crippen molar-refractivity contribution >= 4 is 11.8 Å². The summed E-state index contributed by atoms with van der Waals surface area (Å²) < 4.78 is 5.25. The first-order chi connectivity index (χ1) is 8.94. The van der Waals surface area contributed by atoms with E-state index < -0.39 is 11.4 Å². The normalized spacial score (nSPS) is 23.4. The molecule has 19 heavy (non-hydrogen) atoms. The molecule has 1 atom stereocenters. The fourth-order valence-electron chi connectivity index (χ4n) is 2.66. The molecule has 1 heterocycles. The first-order valence-corrected chi connectivity index (χ1v) is 6.36. The van der Waals surface area contributed by atoms with Crippen molar-refractivity contribution in [2.45, 2.75) is 26.7 Å². The van der Waals surface area contributed by atoms with E-state index in [1.807, 2.05) is 32.0 Å². The molecular weight excluding hydrogens is 244 g/mol. The average molecular weight is 262 g/mol. The first kappa shape index (κ1) is 13.7. The molecule has 0 saturated carbocycles. The summed E-state index contributed by atoms with van der Waals surface area (Å²) in [7, 11) is 0. The maximum Gasteiger partial charge on any atom is 0.319 e. The monoisotopic (exact) mass is 262 g/mol. The molecule has 1 N–H and O–H groups in total. The summed E-state index contributed by atoms with van der Waals surface area (Å²) in [6, 6.07) is 5.88. The predicted octanol–water partition coefficient (Wildman–Crippen LogP) is 1.91. The van der Waals surface area contributed by atoms with Crippen molar-refractivity contribution in [1.82, 2.24) is 0 Å². The second-order valence-corrected chi connectivity index (χ2v) is 5.29. The van der Waals surface area contributed by atoms with Crippen LogP contribution in [0.25, 0.3) is 0 Å². The van der Waals surface area contributed by atoms with Crippen molar-refractivity contribution < 1.29 is 19.4 Å². The lowest BCUT2D eigenvalue weighted by Gasteiger charge is -2.31. The fourth-order valence-corrected chi connectivity index (χ4v) is 2.66. The number of benzene rings is 1. The molecule has 0 bridgehead atoms. The first-order valence-electron chi connectivity index (χ1n) is 6.36. The van der Waals surface area contributed by atoms with Gasteiger partial charge in [-0.05, 0) is 25.8 Å². The van der Waals surface area contributed by atoms with Crippen molar-refractivity contribution in [3.63, 3.8) is 0 Å². The number of carboxylic acid groups (broad SMARTS) is 1. The molecule has 0 amide bonds. The third-order valence-electron chi connectivity index (χ3n) is 3.55. The Morgan fingerprint density at radius 1 is 1.32 bits per heavy atom. The van der Waals surface area contributed by atoms with Crippen LogP contribution < -0.4 is 0 Å². The molecular formula is C15H18O4. The molecule has 1 unspecified atom stereocenters. The standard InChI is InChI=1S/C15H18O4/c1-10-5-11(2)7-12(6-10)8-15(14(17)18)9-19-4-3-13(15)16/h5-7H,3-4,8-9H2,1-2H3,(H,17,18). The van der Waals surface area contributed by atoms with Gasteiger partial charge in [-0.2, -0.15) is 0 Å². The van der Waals surface area contributed by atoms with Gasteiger partial charge in [0.05, 0.1) is 13.2 Å². The van der Waals surface area contributed by atoms with Gasteiger partial charge in [-0.15, -0.1) is 0 Å². The quantitative estimate of drug-likeness (QED) is 0.845. The van der Waals surface area contributed by atoms with Crippen LogP contribution in [0.1, 0.15) is 23.1 Å². The highest BCUT2D eigenvalue weighted by molar-refractivity contribution is 6.04. The lowest BCUT2D eigenvalue weighted by Crippen LogP contribution is -2.48. The molecule has 1 aromatic carbocycles. The Kier molecular flexibility index (Phi) is 3.71. The van der Waals surface area contributed by atoms with Crippen LogP contribution >= 0.6 is 0 Å². The maximum absolute atomic E-state index is 12.1. The van der Waals surface area contributed by atoms with Gasteiger partial charge < -0.3 is 9.84 Å². The van der Waals surface area contributed by atoms with Crippen LogP contribution in [0, 0.1) is 19.3 Å². The molecule has 1 aliphatic heterocycles. The Morgan fingerprint density at radius 2 is 1.95 bits per heavy atom. The van der Waals surface area contributed by atoms with Crippen LogP contribution in [-0.2, 0) is 20.7 Å². The SMILES string of the molecule is Cc1cc(C)cc(CC2(C(=O)O)COCCC2=O)c1. The summed E-state index contributed by atoms with van der Waals surface area (Å²) in [6.07, 6.45) is 0.376. The Labute approximate surface area is 112 Å². The van der Waals surface area contributed by atoms with E-state index in [1.54, 1.807) is 0 Å². The van der Waals surface area contributed by atoms with Crippen LogP contribution in [0.2, 0.25) is 0 Å². The number of hydrogen-bond acceptors (Lipinski definition) is 3. The Morgan fingerprint density at radius 3 is 2.47 bits per heavy atom. The highest BCUT2D eigenvalue weighted by Crippen LogP contribution is 2.30. The van der Waals surface area contributed by atoms with Crippen LogP contribution in [0.3, 0.4) is 0 Å². The summed E-state index contributed by atoms with van der Waals surface area (Å²) in [5, 5.41) is 9.46. The van der Waals surface area contributed by atoms with Gasteiger partial charge in [0, 0.05) is 6.42 Å². The van der Waals surface area contributed by atoms with Crippen molar-refractivity contribution in [3.8, 4) is 0 Å². The fraction of sp³-hybridized carbons (Fsp3) is 0.467. The predicted molar refractivity (Wildman–Crippen MR) is 70.1 cm³/mol. The van der Waals surface area contributed by atoms with E-state index in [1.165, 1.54) is 0 Å². The lowest BCUT2D eigenvalue weighted by molar-refractivity contribution is -0.164. The number of carboxylic acids is 1. The number of ketones is 1. The largest absolute Gasteiger partial charge is 0.480 e. The topological polar surface area (TPSA) is 63.6 Å². The van der Waals surface area contributed by atoms with Crippen molar-refractivity contribution in [2.75, 3.05) is 13.2 Å². The summed E-state index contributed by atoms with van der Waals surface area (Å²) in [5.41, 5.74) is 1.59. The minimum absolute atomic E-state index is 0.0336. The Hall–Kier alpha value is -1.68. The maximum atomic E-state index is 12.1. The van der Waals surface area contributed by atoms with Crippen LogP contribution in [-0.4, -0.2) is 30.1 Å². The van der Waals surface area contributed by atoms with Crippen LogP contribution in [0.4, 0.5) is 0 Å². The van der Waals surface area contributed by atoms with Crippen molar-refractivity contribution in [2.24, 2.45) is 5.41 Å². The summed E-state index contributed by atoms with van der Waals surface area (Å²) in [4.78, 5) is 23.6. The van der Waals surface area contributed by atoms with Crippen molar-refractivity contribution in [3.05, 3.63) is 34.9 Å². The number of carbonyl (C=O) groups is 2. The zero-order valence-electron chi connectivity index (χ0n) is 11.2. The number of hydrogen-bond donors (Lipinski definition) is 1. The molecule has 4 heteroatoms. The van der Waals surface area contributed by atoms with E-state index >= 15 is 0 Å². The van der Waals surface area contributed by atoms with Gasteiger partial charge in [-0.25, -0.2) is 0 Å². The molecule has 1 fully saturated rings. The zero-order chi connectivity index (χ0) is 14.0. The average Bonchev–Trinajstić information content (AvgIpc) is 2.30. The number of aliphatic carboxylic acids is 1. The van der Waals surface area contributed by atoms with E-state index in [0.29, 0.717) is 6.61 Å². The van der Waals surface area contributed by atoms with Crippen LogP contribution in [0.15, 0.2) is 18.2 Å². The van der Waals surface area contributed by atoms with Gasteiger partial charge in [0.15, 0.2) is 11.2 Å². The third-order valence-corrected chi connectivity index (χ3v) is 3.55. The third kappa shape index (κ3) is 2.68. The smallest absolute Gasteiger partial charge is 0.319 e. The number of carbonyl (C=O) groups excluding carboxylic acids is 1. The van der Waals surface area contributed by atoms with Gasteiger partial charge in [-0.1, -0.05) is 29.3 Å². The van der Waals surface area contributed by atoms with E-state index in [-0.39, 0.29) is 25.2 Å². The summed E-state index contributed by atoms with van der Waals surface area (Å²) in [6.45, 7) is 4.21. The number of ether oxygens (including phenoxy) is 1. The molecule has 1 saturated heterocycles. The van der Waals surface area contributed by atoms with Gasteiger partial charge in [0.2, 0.25) is 0 Å². The van der Waals surface area contributed by atoms with Crippen LogP contribution in [0.5, 0.6) is 0 Å². The van der Waals surface area contributed by atoms with E-state index in [0.717, 1.165) is 16.7 Å². The van der Waals surface area contributed by atoms with E-state index in [4.69, 9.17) is 4.74 Å². The summed E-state index contributed by atoms with van der Waals surface area (Å²) >= 11 is 0. The van der Waals surface area contributed by atoms with E-state index in [9.17, 15) is 14.7 Å². The molecule has 0 aliphatic carbocycles. The number of rotatable bonds is 3. The lowest BCUT2D eigenvalue weighted by atomic mass is 9.76. The number of aryl methyl sites for hydroxylation is 2. The highest BCUT2D eigenvalue weighted by atomic mass is 16.5. The minimum Gasteiger partial charge on any atom is -0.480 e. The van der Waals surface area contributed by atoms with Gasteiger partial charge in [0.25, 0.3) is 0 Å². The second-order valence-electron chi connectivity index (χ2n) is 5.29. The molecule has 0 aromatic heterocycles. The molecule has 0 spiro atoms. The Bertz CT molecular complexity index is 501. The second kappa shape index (κ2) is 5.13. The highest BCUT2D eigenvalue weighted by Gasteiger charge is 2.47. The van der Waals surface area contributed by atoms with Gasteiger partial charge in [0.1, 0.15) is 0 Å². The Balaban J connectivity index is 2.35. The van der Waals surface area contributed by atoms with E-state index in [2.05, 4.69) is 0 Å². The summed E-state index contributed by atoms with van der Waals surface area (Å²) in [5.74, 6) is -1.32. The molecule has 1 aromatic rings. The van der Waals surface area contributed by atoms with Crippen molar-refractivity contribution in [1.29, 1.82) is 0 Å². The molecule has 2 rings (SSSR count). The molecule has 0 radical (unpaired) electrons. The molecule has 1 aliphatic rings. The zero-order valence-corrected chi connectivity index (χ0v) is 11.2. The number of Topliss-reactive ketones (excluding diaryl/α,β-unsaturated/α-hetero) is 1. The minimum atomic E-state index is -1.42. The molecule has 102 valence electrons.